The smallest absolute Gasteiger partial charge is 0.139 e. The van der Waals surface area contributed by atoms with Gasteiger partial charge in [-0.1, -0.05) is 0 Å². The fourth-order valence-electron chi connectivity index (χ4n) is 1.46. The van der Waals surface area contributed by atoms with Gasteiger partial charge in [0.2, 0.25) is 0 Å². The lowest BCUT2D eigenvalue weighted by atomic mass is 10.2. The van der Waals surface area contributed by atoms with Crippen molar-refractivity contribution in [3.63, 3.8) is 0 Å². The van der Waals surface area contributed by atoms with Crippen LogP contribution in [0, 0.1) is 11.3 Å². The van der Waals surface area contributed by atoms with E-state index in [1.807, 2.05) is 23.7 Å². The molecule has 2 aromatic rings. The van der Waals surface area contributed by atoms with E-state index >= 15 is 0 Å². The molecule has 0 unspecified atom stereocenters. The van der Waals surface area contributed by atoms with Crippen molar-refractivity contribution in [3.05, 3.63) is 36.4 Å². The first kappa shape index (κ1) is 9.41. The molecule has 0 saturated carbocycles. The normalized spacial score (nSPS) is 9.87. The van der Waals surface area contributed by atoms with Crippen molar-refractivity contribution in [1.29, 1.82) is 5.26 Å². The van der Waals surface area contributed by atoms with Crippen LogP contribution >= 0.6 is 0 Å². The molecule has 0 amide bonds. The highest BCUT2D eigenvalue weighted by molar-refractivity contribution is 5.54. The van der Waals surface area contributed by atoms with Gasteiger partial charge in [-0.15, -0.1) is 0 Å². The maximum Gasteiger partial charge on any atom is 0.139 e. The molecule has 0 bridgehead atoms. The van der Waals surface area contributed by atoms with Crippen molar-refractivity contribution in [2.24, 2.45) is 7.05 Å². The Morgan fingerprint density at radius 1 is 1.40 bits per heavy atom. The van der Waals surface area contributed by atoms with Gasteiger partial charge in [-0.2, -0.15) is 5.26 Å². The van der Waals surface area contributed by atoms with Crippen LogP contribution in [-0.2, 0) is 13.5 Å². The molecular weight excluding hydrogens is 188 g/mol. The lowest BCUT2D eigenvalue weighted by molar-refractivity contribution is 0.863. The Hall–Kier alpha value is -2.15. The van der Waals surface area contributed by atoms with Crippen molar-refractivity contribution in [1.82, 2.24) is 14.5 Å². The monoisotopic (exact) mass is 198 g/mol. The molecule has 2 rings (SSSR count). The third kappa shape index (κ3) is 1.72. The summed E-state index contributed by atoms with van der Waals surface area (Å²) in [5, 5.41) is 8.62. The largest absolute Gasteiger partial charge is 0.330 e. The van der Waals surface area contributed by atoms with Gasteiger partial charge in [0.1, 0.15) is 5.82 Å². The molecule has 0 aliphatic rings. The Bertz CT molecular complexity index is 493. The molecule has 4 nitrogen and oxygen atoms in total. The lowest BCUT2D eigenvalue weighted by Crippen LogP contribution is -1.97. The van der Waals surface area contributed by atoms with E-state index in [4.69, 9.17) is 5.26 Å². The minimum absolute atomic E-state index is 0.384. The Kier molecular flexibility index (Phi) is 2.46. The third-order valence-electron chi connectivity index (χ3n) is 2.28. The zero-order chi connectivity index (χ0) is 10.7. The maximum absolute atomic E-state index is 8.62. The zero-order valence-corrected chi connectivity index (χ0v) is 8.38. The minimum atomic E-state index is 0.384. The van der Waals surface area contributed by atoms with Crippen LogP contribution in [0.15, 0.2) is 30.7 Å². The van der Waals surface area contributed by atoms with Gasteiger partial charge in [0, 0.05) is 31.2 Å². The molecule has 74 valence electrons. The summed E-state index contributed by atoms with van der Waals surface area (Å²) >= 11 is 0. The van der Waals surface area contributed by atoms with Crippen molar-refractivity contribution < 1.29 is 0 Å². The number of rotatable bonds is 2. The van der Waals surface area contributed by atoms with Gasteiger partial charge in [0.05, 0.1) is 18.2 Å². The molecule has 2 aromatic heterocycles. The Labute approximate surface area is 87.8 Å². The van der Waals surface area contributed by atoms with E-state index in [2.05, 4.69) is 16.0 Å². The molecule has 0 spiro atoms. The van der Waals surface area contributed by atoms with Crippen molar-refractivity contribution in [3.8, 4) is 17.5 Å². The number of hydrogen-bond acceptors (Lipinski definition) is 3. The quantitative estimate of drug-likeness (QED) is 0.735. The molecule has 0 radical (unpaired) electrons. The standard InChI is InChI=1S/C11H10N4/c1-15-10(2-5-12)8-14-11(15)9-3-6-13-7-4-9/h3-4,6-8H,2H2,1H3. The third-order valence-corrected chi connectivity index (χ3v) is 2.28. The highest BCUT2D eigenvalue weighted by atomic mass is 15.1. The molecule has 0 aromatic carbocycles. The number of imidazole rings is 1. The lowest BCUT2D eigenvalue weighted by Gasteiger charge is -2.02. The van der Waals surface area contributed by atoms with Crippen LogP contribution in [-0.4, -0.2) is 14.5 Å². The predicted octanol–water partition coefficient (Wildman–Crippen LogP) is 1.55. The van der Waals surface area contributed by atoms with Crippen LogP contribution in [0.3, 0.4) is 0 Å². The molecule has 0 saturated heterocycles. The van der Waals surface area contributed by atoms with E-state index in [-0.39, 0.29) is 0 Å². The van der Waals surface area contributed by atoms with E-state index in [0.29, 0.717) is 6.42 Å². The summed E-state index contributed by atoms with van der Waals surface area (Å²) in [4.78, 5) is 8.24. The Balaban J connectivity index is 2.43. The van der Waals surface area contributed by atoms with Crippen molar-refractivity contribution in [2.75, 3.05) is 0 Å². The molecular formula is C11H10N4. The van der Waals surface area contributed by atoms with E-state index in [1.165, 1.54) is 0 Å². The number of hydrogen-bond donors (Lipinski definition) is 0. The van der Waals surface area contributed by atoms with Crippen LogP contribution < -0.4 is 0 Å². The van der Waals surface area contributed by atoms with E-state index in [0.717, 1.165) is 17.1 Å². The van der Waals surface area contributed by atoms with Gasteiger partial charge in [-0.05, 0) is 12.1 Å². The number of aromatic nitrogens is 3. The van der Waals surface area contributed by atoms with Crippen molar-refractivity contribution >= 4 is 0 Å². The summed E-state index contributed by atoms with van der Waals surface area (Å²) in [5.74, 6) is 0.864. The molecule has 15 heavy (non-hydrogen) atoms. The average molecular weight is 198 g/mol. The van der Waals surface area contributed by atoms with Gasteiger partial charge in [-0.25, -0.2) is 4.98 Å². The second-order valence-corrected chi connectivity index (χ2v) is 3.20. The minimum Gasteiger partial charge on any atom is -0.330 e. The highest BCUT2D eigenvalue weighted by Crippen LogP contribution is 2.17. The van der Waals surface area contributed by atoms with Gasteiger partial charge >= 0.3 is 0 Å². The van der Waals surface area contributed by atoms with E-state index in [9.17, 15) is 0 Å². The Morgan fingerprint density at radius 2 is 2.13 bits per heavy atom. The van der Waals surface area contributed by atoms with Crippen LogP contribution in [0.25, 0.3) is 11.4 Å². The van der Waals surface area contributed by atoms with Crippen LogP contribution in [0.1, 0.15) is 5.69 Å². The van der Waals surface area contributed by atoms with Gasteiger partial charge < -0.3 is 4.57 Å². The fraction of sp³-hybridized carbons (Fsp3) is 0.182. The number of pyridine rings is 1. The second-order valence-electron chi connectivity index (χ2n) is 3.20. The summed E-state index contributed by atoms with van der Waals surface area (Å²) in [6.07, 6.45) is 5.58. The molecule has 4 heteroatoms. The number of nitrogens with zero attached hydrogens (tertiary/aromatic N) is 4. The zero-order valence-electron chi connectivity index (χ0n) is 8.38. The summed E-state index contributed by atoms with van der Waals surface area (Å²) in [7, 11) is 1.91. The van der Waals surface area contributed by atoms with Crippen LogP contribution in [0.5, 0.6) is 0 Å². The molecule has 0 atom stereocenters. The summed E-state index contributed by atoms with van der Waals surface area (Å²) in [6.45, 7) is 0. The van der Waals surface area contributed by atoms with Gasteiger partial charge in [0.25, 0.3) is 0 Å². The second kappa shape index (κ2) is 3.93. The van der Waals surface area contributed by atoms with Crippen LogP contribution in [0.2, 0.25) is 0 Å². The van der Waals surface area contributed by atoms with E-state index < -0.39 is 0 Å². The summed E-state index contributed by atoms with van der Waals surface area (Å²) in [6, 6.07) is 5.92. The predicted molar refractivity (Wildman–Crippen MR) is 55.8 cm³/mol. The highest BCUT2D eigenvalue weighted by Gasteiger charge is 2.07. The topological polar surface area (TPSA) is 54.5 Å². The van der Waals surface area contributed by atoms with E-state index in [1.54, 1.807) is 18.6 Å². The molecule has 0 fully saturated rings. The van der Waals surface area contributed by atoms with Crippen LogP contribution in [0.4, 0.5) is 0 Å². The number of nitriles is 1. The average Bonchev–Trinajstić information content (AvgIpc) is 2.63. The maximum atomic E-state index is 8.62. The van der Waals surface area contributed by atoms with Gasteiger partial charge in [-0.3, -0.25) is 4.98 Å². The Morgan fingerprint density at radius 3 is 2.80 bits per heavy atom. The first-order valence-electron chi connectivity index (χ1n) is 4.61. The molecule has 0 aliphatic carbocycles. The van der Waals surface area contributed by atoms with Crippen molar-refractivity contribution in [2.45, 2.75) is 6.42 Å². The molecule has 0 N–H and O–H groups in total. The SMILES string of the molecule is Cn1c(CC#N)cnc1-c1ccncc1. The summed E-state index contributed by atoms with van der Waals surface area (Å²) < 4.78 is 1.93. The fourth-order valence-corrected chi connectivity index (χ4v) is 1.46. The van der Waals surface area contributed by atoms with Gasteiger partial charge in [0.15, 0.2) is 0 Å². The first-order valence-corrected chi connectivity index (χ1v) is 4.61. The summed E-state index contributed by atoms with van der Waals surface area (Å²) in [5.41, 5.74) is 1.93. The molecule has 0 aliphatic heterocycles. The molecule has 2 heterocycles. The first-order chi connectivity index (χ1) is 7.33.